The second kappa shape index (κ2) is 6.39. The predicted molar refractivity (Wildman–Crippen MR) is 98.0 cm³/mol. The van der Waals surface area contributed by atoms with Crippen LogP contribution in [-0.2, 0) is 24.9 Å². The van der Waals surface area contributed by atoms with Crippen molar-refractivity contribution in [2.24, 2.45) is 13.0 Å². The minimum absolute atomic E-state index is 0.118. The Morgan fingerprint density at radius 1 is 1.31 bits per heavy atom. The molecule has 0 saturated carbocycles. The molecule has 0 radical (unpaired) electrons. The number of aromatic nitrogens is 3. The number of fused-ring (bicyclic) bond motifs is 1. The highest BCUT2D eigenvalue weighted by atomic mass is 35.5. The van der Waals surface area contributed by atoms with E-state index in [4.69, 9.17) is 11.6 Å². The van der Waals surface area contributed by atoms with Crippen LogP contribution in [-0.4, -0.2) is 38.4 Å². The van der Waals surface area contributed by atoms with Gasteiger partial charge in [-0.15, -0.1) is 0 Å². The summed E-state index contributed by atoms with van der Waals surface area (Å²) in [5.41, 5.74) is 2.48. The van der Waals surface area contributed by atoms with Crippen molar-refractivity contribution in [3.8, 4) is 0 Å². The Bertz CT molecular complexity index is 921. The first-order chi connectivity index (χ1) is 12.5. The van der Waals surface area contributed by atoms with Gasteiger partial charge < -0.3 is 14.4 Å². The molecule has 0 spiro atoms. The van der Waals surface area contributed by atoms with Gasteiger partial charge in [0.25, 0.3) is 5.56 Å². The number of carbonyl (C=O) groups is 1. The van der Waals surface area contributed by atoms with Crippen LogP contribution < -0.4 is 10.5 Å². The van der Waals surface area contributed by atoms with Gasteiger partial charge in [-0.05, 0) is 18.1 Å². The fourth-order valence-corrected chi connectivity index (χ4v) is 3.95. The van der Waals surface area contributed by atoms with Crippen molar-refractivity contribution in [1.29, 1.82) is 0 Å². The molecule has 0 unspecified atom stereocenters. The van der Waals surface area contributed by atoms with Crippen molar-refractivity contribution in [2.75, 3.05) is 18.0 Å². The lowest BCUT2D eigenvalue weighted by molar-refractivity contribution is -0.133. The maximum absolute atomic E-state index is 12.7. The minimum Gasteiger partial charge on any atom is -0.355 e. The molecule has 2 aromatic heterocycles. The Balaban J connectivity index is 1.40. The third-order valence-corrected chi connectivity index (χ3v) is 5.81. The average molecular weight is 374 g/mol. The van der Waals surface area contributed by atoms with Gasteiger partial charge in [0, 0.05) is 57.1 Å². The van der Waals surface area contributed by atoms with Crippen molar-refractivity contribution in [2.45, 2.75) is 26.4 Å². The lowest BCUT2D eigenvalue weighted by Crippen LogP contribution is -2.49. The lowest BCUT2D eigenvalue weighted by atomic mass is 9.96. The summed E-state index contributed by atoms with van der Waals surface area (Å²) in [6.07, 6.45) is 5.57. The monoisotopic (exact) mass is 373 g/mol. The number of hydrogen-bond acceptors (Lipinski definition) is 5. The fourth-order valence-electron chi connectivity index (χ4n) is 3.71. The first-order valence-corrected chi connectivity index (χ1v) is 8.99. The van der Waals surface area contributed by atoms with Crippen LogP contribution >= 0.6 is 11.6 Å². The highest BCUT2D eigenvalue weighted by Crippen LogP contribution is 2.30. The minimum atomic E-state index is -0.198. The van der Waals surface area contributed by atoms with Gasteiger partial charge in [0.15, 0.2) is 0 Å². The van der Waals surface area contributed by atoms with Crippen LogP contribution in [0.15, 0.2) is 23.4 Å². The van der Waals surface area contributed by atoms with Crippen LogP contribution in [0.25, 0.3) is 0 Å². The van der Waals surface area contributed by atoms with Gasteiger partial charge in [-0.2, -0.15) is 0 Å². The van der Waals surface area contributed by atoms with Crippen molar-refractivity contribution in [3.63, 3.8) is 0 Å². The number of amides is 1. The third-order valence-electron chi connectivity index (χ3n) is 5.36. The number of anilines is 1. The SMILES string of the molecule is Cc1c2c(n(C)c(=O)c1Cl)CN(C(=O)CC1CN(c3cnccn3)C1)C2. The van der Waals surface area contributed by atoms with Gasteiger partial charge >= 0.3 is 0 Å². The molecule has 0 aromatic carbocycles. The summed E-state index contributed by atoms with van der Waals surface area (Å²) in [5.74, 6) is 1.29. The molecule has 4 rings (SSSR count). The summed E-state index contributed by atoms with van der Waals surface area (Å²) >= 11 is 6.13. The summed E-state index contributed by atoms with van der Waals surface area (Å²) in [6.45, 7) is 4.47. The molecule has 4 heterocycles. The van der Waals surface area contributed by atoms with Gasteiger partial charge in [0.1, 0.15) is 10.8 Å². The second-order valence-electron chi connectivity index (χ2n) is 7.02. The van der Waals surface area contributed by atoms with E-state index < -0.39 is 0 Å². The highest BCUT2D eigenvalue weighted by molar-refractivity contribution is 6.31. The topological polar surface area (TPSA) is 71.3 Å². The van der Waals surface area contributed by atoms with Gasteiger partial charge in [-0.1, -0.05) is 11.6 Å². The standard InChI is InChI=1S/C18H20ClN5O2/c1-11-13-9-24(10-14(13)22(2)18(26)17(11)19)16(25)5-12-7-23(8-12)15-6-20-3-4-21-15/h3-4,6,12H,5,7-10H2,1-2H3. The van der Waals surface area contributed by atoms with E-state index in [2.05, 4.69) is 14.9 Å². The molecule has 2 aliphatic heterocycles. The number of halogens is 1. The van der Waals surface area contributed by atoms with Crippen molar-refractivity contribution in [1.82, 2.24) is 19.4 Å². The summed E-state index contributed by atoms with van der Waals surface area (Å²) in [5, 5.41) is 0.249. The molecule has 2 aromatic rings. The smallest absolute Gasteiger partial charge is 0.269 e. The Labute approximate surface area is 156 Å². The van der Waals surface area contributed by atoms with Crippen LogP contribution in [0.3, 0.4) is 0 Å². The predicted octanol–water partition coefficient (Wildman–Crippen LogP) is 1.51. The summed E-state index contributed by atoms with van der Waals surface area (Å²) < 4.78 is 1.57. The Morgan fingerprint density at radius 2 is 2.08 bits per heavy atom. The molecule has 26 heavy (non-hydrogen) atoms. The maximum atomic E-state index is 12.7. The second-order valence-corrected chi connectivity index (χ2v) is 7.39. The molecule has 0 N–H and O–H groups in total. The Hall–Kier alpha value is -2.41. The van der Waals surface area contributed by atoms with E-state index in [0.717, 1.165) is 35.7 Å². The summed E-state index contributed by atoms with van der Waals surface area (Å²) in [4.78, 5) is 37.1. The normalized spacial score (nSPS) is 16.6. The zero-order chi connectivity index (χ0) is 18.4. The number of rotatable bonds is 3. The van der Waals surface area contributed by atoms with Gasteiger partial charge in [-0.25, -0.2) is 4.98 Å². The molecule has 8 heteroatoms. The van der Waals surface area contributed by atoms with E-state index >= 15 is 0 Å². The van der Waals surface area contributed by atoms with Crippen LogP contribution in [0, 0.1) is 12.8 Å². The zero-order valence-corrected chi connectivity index (χ0v) is 15.5. The molecule has 0 aliphatic carbocycles. The molecule has 7 nitrogen and oxygen atoms in total. The molecular weight excluding hydrogens is 354 g/mol. The van der Waals surface area contributed by atoms with Crippen LogP contribution in [0.5, 0.6) is 0 Å². The number of nitrogens with zero attached hydrogens (tertiary/aromatic N) is 5. The van der Waals surface area contributed by atoms with Crippen molar-refractivity contribution in [3.05, 3.63) is 50.8 Å². The number of pyridine rings is 1. The van der Waals surface area contributed by atoms with E-state index in [-0.39, 0.29) is 16.5 Å². The summed E-state index contributed by atoms with van der Waals surface area (Å²) in [6, 6.07) is 0. The molecule has 1 saturated heterocycles. The largest absolute Gasteiger partial charge is 0.355 e. The van der Waals surface area contributed by atoms with E-state index in [1.165, 1.54) is 0 Å². The molecule has 136 valence electrons. The number of hydrogen-bond donors (Lipinski definition) is 0. The Morgan fingerprint density at radius 3 is 2.77 bits per heavy atom. The first-order valence-electron chi connectivity index (χ1n) is 8.61. The molecule has 0 bridgehead atoms. The molecule has 1 fully saturated rings. The van der Waals surface area contributed by atoms with Gasteiger partial charge in [0.2, 0.25) is 5.91 Å². The number of carbonyl (C=O) groups excluding carboxylic acids is 1. The summed E-state index contributed by atoms with van der Waals surface area (Å²) in [7, 11) is 1.71. The van der Waals surface area contributed by atoms with E-state index in [0.29, 0.717) is 25.4 Å². The lowest BCUT2D eigenvalue weighted by Gasteiger charge is -2.40. The molecule has 0 atom stereocenters. The van der Waals surface area contributed by atoms with Gasteiger partial charge in [-0.3, -0.25) is 14.6 Å². The van der Waals surface area contributed by atoms with Gasteiger partial charge in [0.05, 0.1) is 12.7 Å². The third kappa shape index (κ3) is 2.76. The molecule has 2 aliphatic rings. The highest BCUT2D eigenvalue weighted by Gasteiger charge is 2.34. The fraction of sp³-hybridized carbons (Fsp3) is 0.444. The van der Waals surface area contributed by atoms with Crippen LogP contribution in [0.2, 0.25) is 5.02 Å². The average Bonchev–Trinajstić information content (AvgIpc) is 3.07. The van der Waals surface area contributed by atoms with E-state index in [1.807, 2.05) is 11.8 Å². The van der Waals surface area contributed by atoms with E-state index in [9.17, 15) is 9.59 Å². The molecular formula is C18H20ClN5O2. The first kappa shape index (κ1) is 17.0. The van der Waals surface area contributed by atoms with Crippen molar-refractivity contribution >= 4 is 23.3 Å². The van der Waals surface area contributed by atoms with Crippen molar-refractivity contribution < 1.29 is 4.79 Å². The molecule has 1 amide bonds. The quantitative estimate of drug-likeness (QED) is 0.815. The zero-order valence-electron chi connectivity index (χ0n) is 14.8. The van der Waals surface area contributed by atoms with Crippen LogP contribution in [0.4, 0.5) is 5.82 Å². The Kier molecular flexibility index (Phi) is 4.19. The van der Waals surface area contributed by atoms with E-state index in [1.54, 1.807) is 30.2 Å². The maximum Gasteiger partial charge on any atom is 0.269 e. The van der Waals surface area contributed by atoms with Crippen LogP contribution in [0.1, 0.15) is 23.2 Å².